The summed E-state index contributed by atoms with van der Waals surface area (Å²) in [5.41, 5.74) is 5.77. The van der Waals surface area contributed by atoms with Crippen LogP contribution in [0.3, 0.4) is 0 Å². The normalized spacial score (nSPS) is 12.3. The monoisotopic (exact) mass is 384 g/mol. The molecule has 1 nitrogen and oxygen atoms in total. The lowest BCUT2D eigenvalue weighted by Gasteiger charge is -2.09. The van der Waals surface area contributed by atoms with Crippen LogP contribution in [0.15, 0.2) is 83.3 Å². The largest absolute Gasteiger partial charge is 0.289 e. The van der Waals surface area contributed by atoms with Crippen molar-refractivity contribution in [2.75, 3.05) is 0 Å². The molecule has 0 N–H and O–H groups in total. The molecule has 0 amide bonds. The third-order valence-corrected chi connectivity index (χ3v) is 5.36. The first-order valence-corrected chi connectivity index (χ1v) is 8.98. The zero-order valence-electron chi connectivity index (χ0n) is 13.3. The second-order valence-corrected chi connectivity index (χ2v) is 7.22. The van der Waals surface area contributed by atoms with E-state index in [1.165, 1.54) is 10.8 Å². The first-order valence-electron chi connectivity index (χ1n) is 8.19. The number of carbonyl (C=O) groups excluding carboxylic acids is 1. The van der Waals surface area contributed by atoms with E-state index < -0.39 is 0 Å². The number of ketones is 1. The minimum absolute atomic E-state index is 0.122. The summed E-state index contributed by atoms with van der Waals surface area (Å²) in [4.78, 5) is 13.0. The van der Waals surface area contributed by atoms with E-state index in [2.05, 4.69) is 46.3 Å². The molecule has 4 aromatic carbocycles. The molecule has 4 aromatic rings. The molecule has 0 aromatic heterocycles. The second-order valence-electron chi connectivity index (χ2n) is 6.31. The van der Waals surface area contributed by atoms with Gasteiger partial charge in [0.15, 0.2) is 5.78 Å². The Bertz CT molecular complexity index is 1170. The van der Waals surface area contributed by atoms with E-state index >= 15 is 0 Å². The lowest BCUT2D eigenvalue weighted by Crippen LogP contribution is -1.98. The zero-order valence-corrected chi connectivity index (χ0v) is 14.9. The molecule has 0 atom stereocenters. The molecule has 25 heavy (non-hydrogen) atoms. The van der Waals surface area contributed by atoms with Crippen LogP contribution in [0.5, 0.6) is 0 Å². The molecule has 0 bridgehead atoms. The summed E-state index contributed by atoms with van der Waals surface area (Å²) in [6, 6.07) is 26.6. The number of fused-ring (bicyclic) bond motifs is 4. The second kappa shape index (κ2) is 5.40. The molecule has 5 rings (SSSR count). The third-order valence-electron chi connectivity index (χ3n) is 4.87. The van der Waals surface area contributed by atoms with Gasteiger partial charge in [0, 0.05) is 15.6 Å². The summed E-state index contributed by atoms with van der Waals surface area (Å²) in [6.45, 7) is 0. The maximum Gasteiger partial charge on any atom is 0.194 e. The van der Waals surface area contributed by atoms with Gasteiger partial charge in [-0.1, -0.05) is 76.6 Å². The highest BCUT2D eigenvalue weighted by molar-refractivity contribution is 9.10. The van der Waals surface area contributed by atoms with Crippen molar-refractivity contribution in [3.8, 4) is 22.3 Å². The van der Waals surface area contributed by atoms with Gasteiger partial charge in [0.2, 0.25) is 0 Å². The fourth-order valence-electron chi connectivity index (χ4n) is 3.70. The van der Waals surface area contributed by atoms with E-state index in [4.69, 9.17) is 0 Å². The predicted octanol–water partition coefficient (Wildman–Crippen LogP) is 6.48. The Labute approximate surface area is 154 Å². The van der Waals surface area contributed by atoms with Crippen molar-refractivity contribution in [1.29, 1.82) is 0 Å². The summed E-state index contributed by atoms with van der Waals surface area (Å²) in [5, 5.41) is 2.35. The van der Waals surface area contributed by atoms with Gasteiger partial charge in [0.1, 0.15) is 0 Å². The van der Waals surface area contributed by atoms with Crippen LogP contribution in [0.2, 0.25) is 0 Å². The number of hydrogen-bond donors (Lipinski definition) is 0. The molecular formula is C23H13BrO. The SMILES string of the molecule is O=C1c2ccccc2-c2cccc(-c3ccc4cc(Br)ccc4c3)c21. The van der Waals surface area contributed by atoms with Crippen LogP contribution in [-0.2, 0) is 0 Å². The molecule has 0 heterocycles. The van der Waals surface area contributed by atoms with Crippen LogP contribution >= 0.6 is 15.9 Å². The van der Waals surface area contributed by atoms with E-state index in [0.717, 1.165) is 37.9 Å². The minimum atomic E-state index is 0.122. The molecular weight excluding hydrogens is 372 g/mol. The van der Waals surface area contributed by atoms with Gasteiger partial charge in [-0.2, -0.15) is 0 Å². The highest BCUT2D eigenvalue weighted by Gasteiger charge is 2.28. The van der Waals surface area contributed by atoms with Crippen LogP contribution in [0.1, 0.15) is 15.9 Å². The Hall–Kier alpha value is -2.71. The van der Waals surface area contributed by atoms with Crippen LogP contribution in [0.25, 0.3) is 33.0 Å². The van der Waals surface area contributed by atoms with Gasteiger partial charge >= 0.3 is 0 Å². The van der Waals surface area contributed by atoms with Crippen molar-refractivity contribution in [2.45, 2.75) is 0 Å². The average molecular weight is 385 g/mol. The minimum Gasteiger partial charge on any atom is -0.289 e. The van der Waals surface area contributed by atoms with Crippen molar-refractivity contribution in [2.24, 2.45) is 0 Å². The average Bonchev–Trinajstić information content (AvgIpc) is 2.94. The van der Waals surface area contributed by atoms with Gasteiger partial charge in [-0.15, -0.1) is 0 Å². The van der Waals surface area contributed by atoms with Crippen LogP contribution in [-0.4, -0.2) is 5.78 Å². The Morgan fingerprint density at radius 1 is 0.600 bits per heavy atom. The van der Waals surface area contributed by atoms with Crippen molar-refractivity contribution in [1.82, 2.24) is 0 Å². The molecule has 0 unspecified atom stereocenters. The Morgan fingerprint density at radius 2 is 1.28 bits per heavy atom. The van der Waals surface area contributed by atoms with Crippen molar-refractivity contribution < 1.29 is 4.79 Å². The van der Waals surface area contributed by atoms with Gasteiger partial charge in [-0.05, 0) is 51.2 Å². The number of halogens is 1. The number of benzene rings is 4. The number of hydrogen-bond acceptors (Lipinski definition) is 1. The van der Waals surface area contributed by atoms with Gasteiger partial charge in [0.05, 0.1) is 0 Å². The lowest BCUT2D eigenvalue weighted by atomic mass is 9.94. The molecule has 0 fully saturated rings. The topological polar surface area (TPSA) is 17.1 Å². The predicted molar refractivity (Wildman–Crippen MR) is 106 cm³/mol. The first-order chi connectivity index (χ1) is 12.2. The zero-order chi connectivity index (χ0) is 17.0. The Kier molecular flexibility index (Phi) is 3.16. The van der Waals surface area contributed by atoms with Crippen molar-refractivity contribution in [3.05, 3.63) is 94.5 Å². The first kappa shape index (κ1) is 14.6. The molecule has 0 radical (unpaired) electrons. The molecule has 0 saturated heterocycles. The smallest absolute Gasteiger partial charge is 0.194 e. The van der Waals surface area contributed by atoms with Gasteiger partial charge in [0.25, 0.3) is 0 Å². The number of carbonyl (C=O) groups is 1. The Balaban J connectivity index is 1.75. The quantitative estimate of drug-likeness (QED) is 0.323. The molecule has 1 aliphatic carbocycles. The Morgan fingerprint density at radius 3 is 2.16 bits per heavy atom. The van der Waals surface area contributed by atoms with Gasteiger partial charge in [-0.3, -0.25) is 4.79 Å². The summed E-state index contributed by atoms with van der Waals surface area (Å²) in [7, 11) is 0. The van der Waals surface area contributed by atoms with E-state index in [1.54, 1.807) is 0 Å². The van der Waals surface area contributed by atoms with Crippen LogP contribution in [0, 0.1) is 0 Å². The standard InChI is InChI=1S/C23H13BrO/c24-17-11-10-14-12-16(9-8-15(14)13-17)18-6-3-7-20-19-4-1-2-5-21(19)23(25)22(18)20/h1-13H. The fraction of sp³-hybridized carbons (Fsp3) is 0. The molecule has 0 aliphatic heterocycles. The highest BCUT2D eigenvalue weighted by Crippen LogP contribution is 2.41. The summed E-state index contributed by atoms with van der Waals surface area (Å²) >= 11 is 3.52. The maximum atomic E-state index is 13.0. The third kappa shape index (κ3) is 2.18. The highest BCUT2D eigenvalue weighted by atomic mass is 79.9. The summed E-state index contributed by atoms with van der Waals surface area (Å²) < 4.78 is 1.07. The molecule has 0 spiro atoms. The van der Waals surface area contributed by atoms with E-state index in [-0.39, 0.29) is 5.78 Å². The van der Waals surface area contributed by atoms with Crippen molar-refractivity contribution in [3.63, 3.8) is 0 Å². The van der Waals surface area contributed by atoms with E-state index in [9.17, 15) is 4.79 Å². The van der Waals surface area contributed by atoms with Crippen molar-refractivity contribution >= 4 is 32.5 Å². The fourth-order valence-corrected chi connectivity index (χ4v) is 4.08. The molecule has 2 heteroatoms. The molecule has 118 valence electrons. The molecule has 1 aliphatic rings. The van der Waals surface area contributed by atoms with Crippen LogP contribution < -0.4 is 0 Å². The maximum absolute atomic E-state index is 13.0. The summed E-state index contributed by atoms with van der Waals surface area (Å²) in [6.07, 6.45) is 0. The van der Waals surface area contributed by atoms with Gasteiger partial charge < -0.3 is 0 Å². The summed E-state index contributed by atoms with van der Waals surface area (Å²) in [5.74, 6) is 0.122. The van der Waals surface area contributed by atoms with E-state index in [0.29, 0.717) is 0 Å². The lowest BCUT2D eigenvalue weighted by molar-refractivity contribution is 0.104. The number of rotatable bonds is 1. The van der Waals surface area contributed by atoms with E-state index in [1.807, 2.05) is 48.5 Å². The van der Waals surface area contributed by atoms with Crippen LogP contribution in [0.4, 0.5) is 0 Å². The molecule has 0 saturated carbocycles. The van der Waals surface area contributed by atoms with Gasteiger partial charge in [-0.25, -0.2) is 0 Å².